The van der Waals surface area contributed by atoms with Crippen LogP contribution in [0.15, 0.2) is 23.8 Å². The molecule has 0 fully saturated rings. The lowest BCUT2D eigenvalue weighted by Crippen LogP contribution is -2.09. The van der Waals surface area contributed by atoms with Crippen molar-refractivity contribution in [3.63, 3.8) is 0 Å². The molecule has 1 aliphatic carbocycles. The first-order valence-electron chi connectivity index (χ1n) is 4.81. The lowest BCUT2D eigenvalue weighted by atomic mass is 9.92. The van der Waals surface area contributed by atoms with E-state index in [0.29, 0.717) is 12.0 Å². The van der Waals surface area contributed by atoms with E-state index >= 15 is 0 Å². The van der Waals surface area contributed by atoms with E-state index in [2.05, 4.69) is 4.74 Å². The van der Waals surface area contributed by atoms with Crippen LogP contribution in [-0.2, 0) is 16.0 Å². The summed E-state index contributed by atoms with van der Waals surface area (Å²) in [6.07, 6.45) is 3.26. The van der Waals surface area contributed by atoms with Crippen LogP contribution < -0.4 is 0 Å². The zero-order valence-corrected chi connectivity index (χ0v) is 8.49. The van der Waals surface area contributed by atoms with Gasteiger partial charge in [0.25, 0.3) is 0 Å². The molecule has 1 aromatic carbocycles. The topological polar surface area (TPSA) is 46.5 Å². The van der Waals surface area contributed by atoms with Crippen LogP contribution in [0.4, 0.5) is 0 Å². The Hall–Kier alpha value is -1.77. The van der Waals surface area contributed by atoms with Gasteiger partial charge in [-0.05, 0) is 42.2 Å². The molecule has 0 amide bonds. The molecule has 1 N–H and O–H groups in total. The maximum Gasteiger partial charge on any atom is 0.333 e. The van der Waals surface area contributed by atoms with Gasteiger partial charge >= 0.3 is 5.97 Å². The summed E-state index contributed by atoms with van der Waals surface area (Å²) < 4.78 is 4.67. The Morgan fingerprint density at radius 2 is 2.20 bits per heavy atom. The Labute approximate surface area is 88.0 Å². The molecule has 0 saturated heterocycles. The molecule has 0 aliphatic heterocycles. The Balaban J connectivity index is 2.37. The Kier molecular flexibility index (Phi) is 2.46. The molecule has 0 heterocycles. The summed E-state index contributed by atoms with van der Waals surface area (Å²) in [6.45, 7) is 0. The van der Waals surface area contributed by atoms with Crippen LogP contribution in [0.5, 0.6) is 5.75 Å². The van der Waals surface area contributed by atoms with Crippen LogP contribution in [0.2, 0.25) is 0 Å². The second-order valence-electron chi connectivity index (χ2n) is 3.54. The molecule has 0 atom stereocenters. The Bertz CT molecular complexity index is 432. The number of aryl methyl sites for hydroxylation is 1. The third-order valence-corrected chi connectivity index (χ3v) is 2.57. The first-order chi connectivity index (χ1) is 7.20. The van der Waals surface area contributed by atoms with Gasteiger partial charge in [-0.3, -0.25) is 0 Å². The summed E-state index contributed by atoms with van der Waals surface area (Å²) in [4.78, 5) is 11.3. The van der Waals surface area contributed by atoms with Crippen LogP contribution in [0.3, 0.4) is 0 Å². The zero-order chi connectivity index (χ0) is 10.8. The van der Waals surface area contributed by atoms with Crippen molar-refractivity contribution < 1.29 is 14.6 Å². The van der Waals surface area contributed by atoms with Gasteiger partial charge in [0.2, 0.25) is 0 Å². The van der Waals surface area contributed by atoms with E-state index in [1.807, 2.05) is 12.1 Å². The molecule has 0 unspecified atom stereocenters. The van der Waals surface area contributed by atoms with Crippen LogP contribution in [-0.4, -0.2) is 18.2 Å². The summed E-state index contributed by atoms with van der Waals surface area (Å²) in [6, 6.07) is 5.17. The molecule has 78 valence electrons. The fraction of sp³-hybridized carbons (Fsp3) is 0.250. The number of hydrogen-bond donors (Lipinski definition) is 1. The minimum atomic E-state index is -0.270. The molecule has 0 spiro atoms. The highest BCUT2D eigenvalue weighted by atomic mass is 16.5. The number of benzene rings is 1. The van der Waals surface area contributed by atoms with Crippen LogP contribution in [0.25, 0.3) is 6.08 Å². The maximum atomic E-state index is 11.3. The second kappa shape index (κ2) is 3.77. The molecule has 0 aromatic heterocycles. The second-order valence-corrected chi connectivity index (χ2v) is 3.54. The number of phenols is 1. The molecule has 15 heavy (non-hydrogen) atoms. The number of methoxy groups -OCH3 is 1. The van der Waals surface area contributed by atoms with Gasteiger partial charge in [0, 0.05) is 5.57 Å². The van der Waals surface area contributed by atoms with E-state index in [1.54, 1.807) is 12.1 Å². The normalized spacial score (nSPS) is 14.1. The quantitative estimate of drug-likeness (QED) is 0.710. The first kappa shape index (κ1) is 9.77. The van der Waals surface area contributed by atoms with Crippen LogP contribution >= 0.6 is 0 Å². The van der Waals surface area contributed by atoms with E-state index in [9.17, 15) is 9.90 Å². The molecule has 3 heteroatoms. The lowest BCUT2D eigenvalue weighted by Gasteiger charge is -2.14. The van der Waals surface area contributed by atoms with Crippen molar-refractivity contribution >= 4 is 12.0 Å². The fourth-order valence-corrected chi connectivity index (χ4v) is 1.77. The largest absolute Gasteiger partial charge is 0.508 e. The van der Waals surface area contributed by atoms with Crippen LogP contribution in [0, 0.1) is 0 Å². The molecular formula is C12H12O3. The van der Waals surface area contributed by atoms with Gasteiger partial charge in [-0.25, -0.2) is 4.79 Å². The molecular weight excluding hydrogens is 192 g/mol. The van der Waals surface area contributed by atoms with Crippen molar-refractivity contribution in [2.45, 2.75) is 12.8 Å². The smallest absolute Gasteiger partial charge is 0.333 e. The number of aromatic hydroxyl groups is 1. The standard InChI is InChI=1S/C12H12O3/c1-15-12(14)10-3-2-9-7-11(13)5-4-8(9)6-10/h4-7,13H,2-3H2,1H3. The van der Waals surface area contributed by atoms with Crippen molar-refractivity contribution in [1.82, 2.24) is 0 Å². The zero-order valence-electron chi connectivity index (χ0n) is 8.49. The van der Waals surface area contributed by atoms with E-state index < -0.39 is 0 Å². The van der Waals surface area contributed by atoms with E-state index in [0.717, 1.165) is 17.5 Å². The van der Waals surface area contributed by atoms with Gasteiger partial charge in [-0.15, -0.1) is 0 Å². The molecule has 3 nitrogen and oxygen atoms in total. The van der Waals surface area contributed by atoms with E-state index in [-0.39, 0.29) is 11.7 Å². The average Bonchev–Trinajstić information content (AvgIpc) is 2.27. The number of esters is 1. The van der Waals surface area contributed by atoms with Gasteiger partial charge in [0.15, 0.2) is 0 Å². The predicted octanol–water partition coefficient (Wildman–Crippen LogP) is 1.89. The van der Waals surface area contributed by atoms with Crippen molar-refractivity contribution in [2.75, 3.05) is 7.11 Å². The fourth-order valence-electron chi connectivity index (χ4n) is 1.77. The minimum absolute atomic E-state index is 0.267. The number of ether oxygens (including phenoxy) is 1. The number of carbonyl (C=O) groups is 1. The predicted molar refractivity (Wildman–Crippen MR) is 56.4 cm³/mol. The number of hydrogen-bond acceptors (Lipinski definition) is 3. The molecule has 0 bridgehead atoms. The third-order valence-electron chi connectivity index (χ3n) is 2.57. The summed E-state index contributed by atoms with van der Waals surface area (Å²) in [5.74, 6) is -0.00241. The number of phenolic OH excluding ortho intramolecular Hbond substituents is 1. The van der Waals surface area contributed by atoms with Crippen molar-refractivity contribution in [3.05, 3.63) is 34.9 Å². The maximum absolute atomic E-state index is 11.3. The van der Waals surface area contributed by atoms with Crippen molar-refractivity contribution in [3.8, 4) is 5.75 Å². The highest BCUT2D eigenvalue weighted by molar-refractivity contribution is 5.94. The molecule has 1 aliphatic rings. The van der Waals surface area contributed by atoms with E-state index in [1.165, 1.54) is 7.11 Å². The first-order valence-corrected chi connectivity index (χ1v) is 4.81. The summed E-state index contributed by atoms with van der Waals surface area (Å²) in [7, 11) is 1.38. The lowest BCUT2D eigenvalue weighted by molar-refractivity contribution is -0.136. The van der Waals surface area contributed by atoms with E-state index in [4.69, 9.17) is 0 Å². The van der Waals surface area contributed by atoms with Crippen LogP contribution in [0.1, 0.15) is 17.5 Å². The SMILES string of the molecule is COC(=O)C1=Cc2ccc(O)cc2CC1. The molecule has 0 saturated carbocycles. The summed E-state index contributed by atoms with van der Waals surface area (Å²) in [5, 5.41) is 9.30. The van der Waals surface area contributed by atoms with Gasteiger partial charge < -0.3 is 9.84 Å². The van der Waals surface area contributed by atoms with Gasteiger partial charge in [0.1, 0.15) is 5.75 Å². The van der Waals surface area contributed by atoms with Crippen molar-refractivity contribution in [1.29, 1.82) is 0 Å². The highest BCUT2D eigenvalue weighted by Gasteiger charge is 2.16. The summed E-state index contributed by atoms with van der Waals surface area (Å²) >= 11 is 0. The van der Waals surface area contributed by atoms with Gasteiger partial charge in [0.05, 0.1) is 7.11 Å². The number of fused-ring (bicyclic) bond motifs is 1. The molecule has 2 rings (SSSR count). The summed E-state index contributed by atoms with van der Waals surface area (Å²) in [5.41, 5.74) is 2.75. The third kappa shape index (κ3) is 1.86. The molecule has 1 aromatic rings. The highest BCUT2D eigenvalue weighted by Crippen LogP contribution is 2.27. The Morgan fingerprint density at radius 3 is 2.93 bits per heavy atom. The minimum Gasteiger partial charge on any atom is -0.508 e. The van der Waals surface area contributed by atoms with Crippen molar-refractivity contribution in [2.24, 2.45) is 0 Å². The average molecular weight is 204 g/mol. The van der Waals surface area contributed by atoms with Gasteiger partial charge in [-0.1, -0.05) is 6.07 Å². The number of carbonyl (C=O) groups excluding carboxylic acids is 1. The monoisotopic (exact) mass is 204 g/mol. The van der Waals surface area contributed by atoms with Gasteiger partial charge in [-0.2, -0.15) is 0 Å². The number of rotatable bonds is 1. The molecule has 0 radical (unpaired) electrons. The Morgan fingerprint density at radius 1 is 1.40 bits per heavy atom.